The van der Waals surface area contributed by atoms with Crippen LogP contribution < -0.4 is 15.5 Å². The lowest BCUT2D eigenvalue weighted by molar-refractivity contribution is -0.126. The molecular formula is C26H32ClN3O4. The second-order valence-corrected chi connectivity index (χ2v) is 8.29. The molecule has 0 aliphatic rings. The van der Waals surface area contributed by atoms with Gasteiger partial charge in [0.05, 0.1) is 23.3 Å². The number of amides is 2. The van der Waals surface area contributed by atoms with Gasteiger partial charge in [0.1, 0.15) is 5.75 Å². The number of halogens is 1. The number of rotatable bonds is 14. The van der Waals surface area contributed by atoms with Crippen LogP contribution in [0.3, 0.4) is 0 Å². The fourth-order valence-corrected chi connectivity index (χ4v) is 3.35. The highest BCUT2D eigenvalue weighted by Crippen LogP contribution is 2.19. The molecule has 0 spiro atoms. The first-order chi connectivity index (χ1) is 16.5. The maximum Gasteiger partial charge on any atom is 0.345 e. The summed E-state index contributed by atoms with van der Waals surface area (Å²) >= 11 is 6.00. The Morgan fingerprint density at radius 3 is 2.29 bits per heavy atom. The summed E-state index contributed by atoms with van der Waals surface area (Å²) in [6.07, 6.45) is 9.86. The zero-order valence-corrected chi connectivity index (χ0v) is 20.3. The molecule has 0 fully saturated rings. The Morgan fingerprint density at radius 1 is 0.912 bits per heavy atom. The van der Waals surface area contributed by atoms with Gasteiger partial charge in [0.25, 0.3) is 5.91 Å². The van der Waals surface area contributed by atoms with Gasteiger partial charge in [-0.2, -0.15) is 5.10 Å². The molecule has 2 rings (SSSR count). The molecule has 0 saturated heterocycles. The Bertz CT molecular complexity index is 961. The molecule has 0 atom stereocenters. The van der Waals surface area contributed by atoms with Crippen molar-refractivity contribution in [3.05, 3.63) is 64.7 Å². The first-order valence-corrected chi connectivity index (χ1v) is 12.0. The first-order valence-electron chi connectivity index (χ1n) is 11.6. The summed E-state index contributed by atoms with van der Waals surface area (Å²) in [7, 11) is 0. The average Bonchev–Trinajstić information content (AvgIpc) is 2.83. The fourth-order valence-electron chi connectivity index (χ4n) is 3.14. The van der Waals surface area contributed by atoms with Crippen LogP contribution >= 0.6 is 11.6 Å². The highest BCUT2D eigenvalue weighted by atomic mass is 35.5. The summed E-state index contributed by atoms with van der Waals surface area (Å²) in [5.74, 6) is -0.729. The number of hydrogen-bond acceptors (Lipinski definition) is 5. The number of nitrogens with one attached hydrogen (secondary N) is 2. The fraction of sp³-hybridized carbons (Fsp3) is 0.385. The normalized spacial score (nSPS) is 10.8. The second-order valence-electron chi connectivity index (χ2n) is 7.88. The number of benzene rings is 2. The number of ether oxygens (including phenoxy) is 1. The molecule has 182 valence electrons. The predicted octanol–water partition coefficient (Wildman–Crippen LogP) is 5.27. The molecule has 2 N–H and O–H groups in total. The van der Waals surface area contributed by atoms with Crippen LogP contribution in [0.15, 0.2) is 53.6 Å². The van der Waals surface area contributed by atoms with Gasteiger partial charge in [-0.25, -0.2) is 10.2 Å². The first kappa shape index (κ1) is 27.1. The van der Waals surface area contributed by atoms with Crippen molar-refractivity contribution < 1.29 is 19.1 Å². The van der Waals surface area contributed by atoms with Crippen molar-refractivity contribution in [2.24, 2.45) is 5.10 Å². The third kappa shape index (κ3) is 10.6. The van der Waals surface area contributed by atoms with Crippen molar-refractivity contribution in [3.8, 4) is 5.75 Å². The molecule has 2 aromatic carbocycles. The van der Waals surface area contributed by atoms with Gasteiger partial charge >= 0.3 is 5.97 Å². The number of carbonyl (C=O) groups is 3. The molecule has 7 nitrogen and oxygen atoms in total. The maximum atomic E-state index is 12.2. The Balaban J connectivity index is 1.64. The monoisotopic (exact) mass is 485 g/mol. The summed E-state index contributed by atoms with van der Waals surface area (Å²) in [5, 5.41) is 6.80. The van der Waals surface area contributed by atoms with Crippen LogP contribution in [0.4, 0.5) is 0 Å². The van der Waals surface area contributed by atoms with Crippen molar-refractivity contribution in [1.82, 2.24) is 10.7 Å². The minimum Gasteiger partial charge on any atom is -0.423 e. The van der Waals surface area contributed by atoms with Crippen molar-refractivity contribution >= 4 is 35.6 Å². The molecule has 0 heterocycles. The Hall–Kier alpha value is -3.19. The van der Waals surface area contributed by atoms with E-state index < -0.39 is 11.9 Å². The molecular weight excluding hydrogens is 454 g/mol. The van der Waals surface area contributed by atoms with E-state index in [0.717, 1.165) is 19.3 Å². The largest absolute Gasteiger partial charge is 0.423 e. The van der Waals surface area contributed by atoms with Crippen LogP contribution in [0.5, 0.6) is 5.75 Å². The lowest BCUT2D eigenvalue weighted by Gasteiger charge is -2.06. The van der Waals surface area contributed by atoms with Crippen LogP contribution in [0.25, 0.3) is 0 Å². The summed E-state index contributed by atoms with van der Waals surface area (Å²) < 4.78 is 5.31. The predicted molar refractivity (Wildman–Crippen MR) is 134 cm³/mol. The van der Waals surface area contributed by atoms with E-state index in [0.29, 0.717) is 22.8 Å². The number of nitrogens with zero attached hydrogens (tertiary/aromatic N) is 1. The SMILES string of the molecule is CCCCCCCCCC(=O)NCC(=O)N/N=C\c1ccc(OC(=O)c2ccccc2Cl)cc1. The number of carbonyl (C=O) groups excluding carboxylic acids is 3. The third-order valence-electron chi connectivity index (χ3n) is 5.04. The highest BCUT2D eigenvalue weighted by Gasteiger charge is 2.12. The molecule has 2 aromatic rings. The van der Waals surface area contributed by atoms with E-state index >= 15 is 0 Å². The summed E-state index contributed by atoms with van der Waals surface area (Å²) in [6, 6.07) is 13.3. The molecule has 0 unspecified atom stereocenters. The van der Waals surface area contributed by atoms with Crippen LogP contribution in [0.2, 0.25) is 5.02 Å². The van der Waals surface area contributed by atoms with Crippen molar-refractivity contribution in [3.63, 3.8) is 0 Å². The molecule has 0 saturated carbocycles. The Labute approximate surface area is 205 Å². The van der Waals surface area contributed by atoms with Gasteiger partial charge in [-0.1, -0.05) is 69.2 Å². The minimum absolute atomic E-state index is 0.121. The van der Waals surface area contributed by atoms with E-state index in [1.165, 1.54) is 31.9 Å². The standard InChI is InChI=1S/C26H32ClN3O4/c1-2-3-4-5-6-7-8-13-24(31)28-19-25(32)30-29-18-20-14-16-21(17-15-20)34-26(33)22-11-9-10-12-23(22)27/h9-12,14-18H,2-8,13,19H2,1H3,(H,28,31)(H,30,32)/b29-18-. The van der Waals surface area contributed by atoms with Crippen molar-refractivity contribution in [2.45, 2.75) is 58.3 Å². The second kappa shape index (κ2) is 15.6. The van der Waals surface area contributed by atoms with Gasteiger partial charge in [-0.3, -0.25) is 9.59 Å². The minimum atomic E-state index is -0.548. The van der Waals surface area contributed by atoms with E-state index in [1.807, 2.05) is 0 Å². The molecule has 2 amide bonds. The van der Waals surface area contributed by atoms with E-state index in [9.17, 15) is 14.4 Å². The van der Waals surface area contributed by atoms with Crippen LogP contribution in [0, 0.1) is 0 Å². The molecule has 8 heteroatoms. The molecule has 0 bridgehead atoms. The maximum absolute atomic E-state index is 12.2. The summed E-state index contributed by atoms with van der Waals surface area (Å²) in [6.45, 7) is 2.07. The van der Waals surface area contributed by atoms with Crippen LogP contribution in [-0.2, 0) is 9.59 Å². The van der Waals surface area contributed by atoms with Gasteiger partial charge < -0.3 is 10.1 Å². The summed E-state index contributed by atoms with van der Waals surface area (Å²) in [5.41, 5.74) is 3.35. The number of esters is 1. The molecule has 0 radical (unpaired) electrons. The quantitative estimate of drug-likeness (QED) is 0.125. The summed E-state index contributed by atoms with van der Waals surface area (Å²) in [4.78, 5) is 35.9. The van der Waals surface area contributed by atoms with Crippen molar-refractivity contribution in [1.29, 1.82) is 0 Å². The topological polar surface area (TPSA) is 96.9 Å². The van der Waals surface area contributed by atoms with Crippen LogP contribution in [0.1, 0.15) is 74.2 Å². The zero-order chi connectivity index (χ0) is 24.6. The molecule has 0 aliphatic carbocycles. The van der Waals surface area contributed by atoms with Crippen molar-refractivity contribution in [2.75, 3.05) is 6.54 Å². The number of unbranched alkanes of at least 4 members (excludes halogenated alkanes) is 6. The van der Waals surface area contributed by atoms with Gasteiger partial charge in [0.15, 0.2) is 0 Å². The Kier molecular flexibility index (Phi) is 12.4. The number of hydrazone groups is 1. The highest BCUT2D eigenvalue weighted by molar-refractivity contribution is 6.33. The van der Waals surface area contributed by atoms with Gasteiger partial charge in [0.2, 0.25) is 5.91 Å². The lowest BCUT2D eigenvalue weighted by atomic mass is 10.1. The van der Waals surface area contributed by atoms with E-state index in [-0.39, 0.29) is 18.0 Å². The van der Waals surface area contributed by atoms with E-state index in [1.54, 1.807) is 48.5 Å². The van der Waals surface area contributed by atoms with Gasteiger partial charge in [-0.15, -0.1) is 0 Å². The molecule has 34 heavy (non-hydrogen) atoms. The smallest absolute Gasteiger partial charge is 0.345 e. The third-order valence-corrected chi connectivity index (χ3v) is 5.37. The molecule has 0 aromatic heterocycles. The molecule has 0 aliphatic heterocycles. The Morgan fingerprint density at radius 2 is 1.59 bits per heavy atom. The van der Waals surface area contributed by atoms with E-state index in [4.69, 9.17) is 16.3 Å². The van der Waals surface area contributed by atoms with Gasteiger partial charge in [-0.05, 0) is 48.4 Å². The van der Waals surface area contributed by atoms with E-state index in [2.05, 4.69) is 22.8 Å². The lowest BCUT2D eigenvalue weighted by Crippen LogP contribution is -2.34. The van der Waals surface area contributed by atoms with Crippen LogP contribution in [-0.4, -0.2) is 30.5 Å². The number of hydrogen-bond donors (Lipinski definition) is 2. The average molecular weight is 486 g/mol. The van der Waals surface area contributed by atoms with Gasteiger partial charge in [0, 0.05) is 6.42 Å². The zero-order valence-electron chi connectivity index (χ0n) is 19.5.